The highest BCUT2D eigenvalue weighted by Crippen LogP contribution is 2.40. The molecule has 0 aliphatic heterocycles. The fraction of sp³-hybridized carbons (Fsp3) is 0.263. The minimum Gasteiger partial charge on any atom is -0.462 e. The Hall–Kier alpha value is -4.19. The summed E-state index contributed by atoms with van der Waals surface area (Å²) >= 11 is 6.30. The van der Waals surface area contributed by atoms with Crippen LogP contribution in [0.25, 0.3) is 6.08 Å². The summed E-state index contributed by atoms with van der Waals surface area (Å²) < 4.78 is 6.21. The van der Waals surface area contributed by atoms with Gasteiger partial charge in [-0.25, -0.2) is 4.79 Å². The number of hydrogen-bond donors (Lipinski definition) is 3. The zero-order chi connectivity index (χ0) is 34.9. The second-order valence-corrected chi connectivity index (χ2v) is 15.0. The van der Waals surface area contributed by atoms with Crippen LogP contribution < -0.4 is 16.0 Å². The van der Waals surface area contributed by atoms with E-state index in [4.69, 9.17) is 4.74 Å². The van der Waals surface area contributed by atoms with Crippen molar-refractivity contribution in [3.63, 3.8) is 0 Å². The average Bonchev–Trinajstić information content (AvgIpc) is 3.44. The summed E-state index contributed by atoms with van der Waals surface area (Å²) in [5.74, 6) is -1.00. The molecule has 1 aliphatic carbocycles. The van der Waals surface area contributed by atoms with Gasteiger partial charge in [-0.2, -0.15) is 0 Å². The Balaban J connectivity index is 1.32. The molecule has 2 atom stereocenters. The molecule has 2 unspecified atom stereocenters. The summed E-state index contributed by atoms with van der Waals surface area (Å²) in [5, 5.41) is 8.80. The van der Waals surface area contributed by atoms with Crippen LogP contribution in [0, 0.1) is 5.92 Å². The Morgan fingerprint density at radius 3 is 2.51 bits per heavy atom. The number of thioether (sulfide) groups is 1. The van der Waals surface area contributed by atoms with Gasteiger partial charge in [-0.3, -0.25) is 14.4 Å². The first-order valence-electron chi connectivity index (χ1n) is 16.2. The van der Waals surface area contributed by atoms with Gasteiger partial charge in [-0.05, 0) is 98.2 Å². The number of ether oxygens (including phenoxy) is 1. The minimum absolute atomic E-state index is 0.0706. The number of thiophene rings is 1. The van der Waals surface area contributed by atoms with Crippen molar-refractivity contribution in [2.24, 2.45) is 5.92 Å². The fourth-order valence-corrected chi connectivity index (χ4v) is 8.32. The lowest BCUT2D eigenvalue weighted by Crippen LogP contribution is -2.30. The van der Waals surface area contributed by atoms with Crippen molar-refractivity contribution in [2.75, 3.05) is 17.2 Å². The molecule has 49 heavy (non-hydrogen) atoms. The topological polar surface area (TPSA) is 114 Å². The number of benzene rings is 3. The van der Waals surface area contributed by atoms with Gasteiger partial charge in [0.2, 0.25) is 5.91 Å². The molecule has 5 rings (SSSR count). The Kier molecular flexibility index (Phi) is 12.5. The Bertz CT molecular complexity index is 1870. The van der Waals surface area contributed by atoms with E-state index in [-0.39, 0.29) is 18.2 Å². The van der Waals surface area contributed by atoms with Crippen molar-refractivity contribution in [3.8, 4) is 0 Å². The van der Waals surface area contributed by atoms with Crippen LogP contribution in [0.15, 0.2) is 93.9 Å². The maximum absolute atomic E-state index is 13.6. The second kappa shape index (κ2) is 17.0. The second-order valence-electron chi connectivity index (χ2n) is 11.7. The molecule has 4 aromatic rings. The highest BCUT2D eigenvalue weighted by Gasteiger charge is 2.30. The van der Waals surface area contributed by atoms with E-state index in [1.807, 2.05) is 43.3 Å². The number of esters is 1. The number of amides is 3. The summed E-state index contributed by atoms with van der Waals surface area (Å²) in [7, 11) is 0. The summed E-state index contributed by atoms with van der Waals surface area (Å²) in [5.41, 5.74) is 3.20. The van der Waals surface area contributed by atoms with Crippen molar-refractivity contribution in [1.29, 1.82) is 0 Å². The maximum Gasteiger partial charge on any atom is 0.341 e. The van der Waals surface area contributed by atoms with Crippen molar-refractivity contribution in [1.82, 2.24) is 5.32 Å². The largest absolute Gasteiger partial charge is 0.462 e. The highest BCUT2D eigenvalue weighted by atomic mass is 79.9. The lowest BCUT2D eigenvalue weighted by Gasteiger charge is -2.18. The first-order chi connectivity index (χ1) is 23.6. The van der Waals surface area contributed by atoms with Crippen LogP contribution in [-0.2, 0) is 27.2 Å². The molecule has 0 radical (unpaired) electrons. The summed E-state index contributed by atoms with van der Waals surface area (Å²) in [6, 6.07) is 23.3. The molecule has 1 aliphatic rings. The number of hydrogen-bond acceptors (Lipinski definition) is 7. The summed E-state index contributed by atoms with van der Waals surface area (Å²) in [6.07, 6.45) is 4.81. The van der Waals surface area contributed by atoms with Gasteiger partial charge in [0.1, 0.15) is 10.7 Å². The predicted octanol–water partition coefficient (Wildman–Crippen LogP) is 8.73. The van der Waals surface area contributed by atoms with E-state index in [2.05, 4.69) is 38.8 Å². The molecular formula is C38H38BrN3O5S2. The number of halogens is 1. The Labute approximate surface area is 303 Å². The average molecular weight is 761 g/mol. The SMILES string of the molecule is CCOC(=O)c1c(NC(=O)C(CC)Sc2cccc(NC(=O)/C(=C\c3cccc(Br)c3)NC(=O)c3ccccc3)c2)sc2c1CCC(C)C2. The highest BCUT2D eigenvalue weighted by molar-refractivity contribution is 9.10. The van der Waals surface area contributed by atoms with Crippen LogP contribution in [0.3, 0.4) is 0 Å². The quantitative estimate of drug-likeness (QED) is 0.0757. The van der Waals surface area contributed by atoms with Crippen molar-refractivity contribution in [3.05, 3.63) is 116 Å². The fourth-order valence-electron chi connectivity index (χ4n) is 5.49. The van der Waals surface area contributed by atoms with Gasteiger partial charge < -0.3 is 20.7 Å². The van der Waals surface area contributed by atoms with Crippen molar-refractivity contribution in [2.45, 2.75) is 56.6 Å². The van der Waals surface area contributed by atoms with E-state index >= 15 is 0 Å². The van der Waals surface area contributed by atoms with Crippen molar-refractivity contribution < 1.29 is 23.9 Å². The number of anilines is 2. The van der Waals surface area contributed by atoms with Gasteiger partial charge in [-0.1, -0.05) is 66.2 Å². The van der Waals surface area contributed by atoms with Crippen LogP contribution in [0.1, 0.15) is 70.3 Å². The normalized spacial score (nSPS) is 14.7. The van der Waals surface area contributed by atoms with E-state index in [1.54, 1.807) is 55.5 Å². The van der Waals surface area contributed by atoms with Gasteiger partial charge in [-0.15, -0.1) is 23.1 Å². The minimum atomic E-state index is -0.501. The van der Waals surface area contributed by atoms with Gasteiger partial charge in [0, 0.05) is 25.5 Å². The molecule has 3 N–H and O–H groups in total. The zero-order valence-electron chi connectivity index (χ0n) is 27.5. The first-order valence-corrected chi connectivity index (χ1v) is 18.7. The van der Waals surface area contributed by atoms with Gasteiger partial charge >= 0.3 is 5.97 Å². The molecule has 3 aromatic carbocycles. The predicted molar refractivity (Wildman–Crippen MR) is 201 cm³/mol. The summed E-state index contributed by atoms with van der Waals surface area (Å²) in [6.45, 7) is 6.17. The number of rotatable bonds is 12. The third-order valence-electron chi connectivity index (χ3n) is 7.95. The van der Waals surface area contributed by atoms with E-state index in [0.717, 1.165) is 44.6 Å². The smallest absolute Gasteiger partial charge is 0.341 e. The lowest BCUT2D eigenvalue weighted by molar-refractivity contribution is -0.116. The molecule has 1 heterocycles. The molecule has 0 spiro atoms. The monoisotopic (exact) mass is 759 g/mol. The number of carbonyl (C=O) groups excluding carboxylic acids is 4. The van der Waals surface area contributed by atoms with Crippen LogP contribution >= 0.6 is 39.0 Å². The number of carbonyl (C=O) groups is 4. The molecule has 0 saturated heterocycles. The van der Waals surface area contributed by atoms with Crippen LogP contribution in [0.4, 0.5) is 10.7 Å². The molecule has 0 fully saturated rings. The third kappa shape index (κ3) is 9.49. The molecule has 0 bridgehead atoms. The Morgan fingerprint density at radius 1 is 1.00 bits per heavy atom. The lowest BCUT2D eigenvalue weighted by atomic mass is 9.88. The zero-order valence-corrected chi connectivity index (χ0v) is 30.7. The van der Waals surface area contributed by atoms with Crippen molar-refractivity contribution >= 4 is 79.5 Å². The molecule has 1 aromatic heterocycles. The molecule has 11 heteroatoms. The maximum atomic E-state index is 13.6. The molecule has 0 saturated carbocycles. The number of nitrogens with one attached hydrogen (secondary N) is 3. The molecule has 3 amide bonds. The van der Waals surface area contributed by atoms with Gasteiger partial charge in [0.25, 0.3) is 11.8 Å². The van der Waals surface area contributed by atoms with E-state index < -0.39 is 23.0 Å². The van der Waals surface area contributed by atoms with Gasteiger partial charge in [0.05, 0.1) is 17.4 Å². The summed E-state index contributed by atoms with van der Waals surface area (Å²) in [4.78, 5) is 55.1. The van der Waals surface area contributed by atoms with Gasteiger partial charge in [0.15, 0.2) is 0 Å². The van der Waals surface area contributed by atoms with E-state index in [9.17, 15) is 19.2 Å². The van der Waals surface area contributed by atoms with Crippen LogP contribution in [-0.4, -0.2) is 35.5 Å². The third-order valence-corrected chi connectivity index (χ3v) is 11.0. The molecule has 254 valence electrons. The number of fused-ring (bicyclic) bond motifs is 1. The molecule has 8 nitrogen and oxygen atoms in total. The van der Waals surface area contributed by atoms with E-state index in [1.165, 1.54) is 23.1 Å². The van der Waals surface area contributed by atoms with Crippen LogP contribution in [0.2, 0.25) is 0 Å². The first kappa shape index (κ1) is 36.1. The van der Waals surface area contributed by atoms with Crippen LogP contribution in [0.5, 0.6) is 0 Å². The molecular weight excluding hydrogens is 722 g/mol. The Morgan fingerprint density at radius 2 is 1.78 bits per heavy atom. The van der Waals surface area contributed by atoms with E-state index in [0.29, 0.717) is 34.2 Å². The standard InChI is InChI=1S/C38H38BrN3O5S2/c1-4-31(36(45)42-37-33(38(46)47-5-2)29-18-17-23(3)19-32(29)49-37)48-28-16-10-15-27(22-28)40-35(44)30(21-24-11-9-14-26(39)20-24)41-34(43)25-12-7-6-8-13-25/h6-16,20-23,31H,4-5,17-19H2,1-3H3,(H,40,44)(H,41,43)(H,42,45)/b30-21+.